The standard InChI is InChI=1S/C9H7ClF3NO4/c10-7-2-1-6(14(15)16)3-8(7)18-5-17-4-9(11,12)13/h1-3H,4-5H2. The van der Waals surface area contributed by atoms with Crippen LogP contribution in [0.25, 0.3) is 0 Å². The maximum Gasteiger partial charge on any atom is 0.411 e. The monoisotopic (exact) mass is 285 g/mol. The Hall–Kier alpha value is -1.54. The van der Waals surface area contributed by atoms with Crippen LogP contribution in [0.2, 0.25) is 5.02 Å². The fraction of sp³-hybridized carbons (Fsp3) is 0.333. The maximum absolute atomic E-state index is 11.7. The molecule has 0 saturated heterocycles. The number of hydrogen-bond acceptors (Lipinski definition) is 4. The summed E-state index contributed by atoms with van der Waals surface area (Å²) in [6, 6.07) is 3.35. The van der Waals surface area contributed by atoms with E-state index in [0.717, 1.165) is 12.1 Å². The van der Waals surface area contributed by atoms with Gasteiger partial charge in [0.1, 0.15) is 12.4 Å². The zero-order chi connectivity index (χ0) is 13.8. The van der Waals surface area contributed by atoms with Crippen LogP contribution in [0.15, 0.2) is 18.2 Å². The van der Waals surface area contributed by atoms with Gasteiger partial charge < -0.3 is 9.47 Å². The van der Waals surface area contributed by atoms with E-state index in [9.17, 15) is 23.3 Å². The Balaban J connectivity index is 2.56. The average Bonchev–Trinajstić information content (AvgIpc) is 2.24. The predicted octanol–water partition coefficient (Wildman–Crippen LogP) is 3.16. The molecule has 0 heterocycles. The van der Waals surface area contributed by atoms with E-state index in [0.29, 0.717) is 0 Å². The fourth-order valence-corrected chi connectivity index (χ4v) is 1.15. The van der Waals surface area contributed by atoms with Crippen molar-refractivity contribution >= 4 is 17.3 Å². The second kappa shape index (κ2) is 5.87. The summed E-state index contributed by atoms with van der Waals surface area (Å²) in [5.74, 6) is -0.118. The number of benzene rings is 1. The normalized spacial score (nSPS) is 11.3. The second-order valence-corrected chi connectivity index (χ2v) is 3.50. The third kappa shape index (κ3) is 4.76. The molecular formula is C9H7ClF3NO4. The van der Waals surface area contributed by atoms with Crippen LogP contribution in [-0.2, 0) is 4.74 Å². The summed E-state index contributed by atoms with van der Waals surface area (Å²) in [6.45, 7) is -2.18. The number of ether oxygens (including phenoxy) is 2. The molecule has 0 bridgehead atoms. The lowest BCUT2D eigenvalue weighted by molar-refractivity contribution is -0.385. The van der Waals surface area contributed by atoms with Crippen LogP contribution in [0.3, 0.4) is 0 Å². The highest BCUT2D eigenvalue weighted by molar-refractivity contribution is 6.32. The van der Waals surface area contributed by atoms with E-state index in [4.69, 9.17) is 16.3 Å². The van der Waals surface area contributed by atoms with Gasteiger partial charge in [-0.05, 0) is 6.07 Å². The van der Waals surface area contributed by atoms with E-state index in [1.54, 1.807) is 0 Å². The quantitative estimate of drug-likeness (QED) is 0.361. The minimum atomic E-state index is -4.46. The Morgan fingerprint density at radius 3 is 2.61 bits per heavy atom. The fourth-order valence-electron chi connectivity index (χ4n) is 0.979. The van der Waals surface area contributed by atoms with Crippen LogP contribution in [0.1, 0.15) is 0 Å². The van der Waals surface area contributed by atoms with Gasteiger partial charge >= 0.3 is 6.18 Å². The summed E-state index contributed by atoms with van der Waals surface area (Å²) in [7, 11) is 0. The first kappa shape index (κ1) is 14.5. The molecule has 0 fully saturated rings. The third-order valence-electron chi connectivity index (χ3n) is 1.69. The van der Waals surface area contributed by atoms with Crippen LogP contribution < -0.4 is 4.74 Å². The molecule has 0 aliphatic heterocycles. The van der Waals surface area contributed by atoms with Crippen molar-refractivity contribution in [3.8, 4) is 5.75 Å². The molecule has 18 heavy (non-hydrogen) atoms. The third-order valence-corrected chi connectivity index (χ3v) is 2.00. The van der Waals surface area contributed by atoms with Crippen molar-refractivity contribution in [3.63, 3.8) is 0 Å². The first-order valence-electron chi connectivity index (χ1n) is 4.51. The molecule has 9 heteroatoms. The predicted molar refractivity (Wildman–Crippen MR) is 55.6 cm³/mol. The van der Waals surface area contributed by atoms with Crippen molar-refractivity contribution in [3.05, 3.63) is 33.3 Å². The first-order chi connectivity index (χ1) is 8.29. The molecular weight excluding hydrogens is 279 g/mol. The lowest BCUT2D eigenvalue weighted by Gasteiger charge is -2.10. The van der Waals surface area contributed by atoms with Gasteiger partial charge in [0, 0.05) is 6.07 Å². The molecule has 0 spiro atoms. The number of halogens is 4. The first-order valence-corrected chi connectivity index (χ1v) is 4.88. The summed E-state index contributed by atoms with van der Waals surface area (Å²) >= 11 is 5.64. The Bertz CT molecular complexity index is 438. The Morgan fingerprint density at radius 1 is 1.39 bits per heavy atom. The van der Waals surface area contributed by atoms with Crippen molar-refractivity contribution in [1.29, 1.82) is 0 Å². The minimum absolute atomic E-state index is 0.0382. The zero-order valence-electron chi connectivity index (χ0n) is 8.74. The van der Waals surface area contributed by atoms with Gasteiger partial charge in [-0.25, -0.2) is 0 Å². The lowest BCUT2D eigenvalue weighted by atomic mass is 10.3. The van der Waals surface area contributed by atoms with Crippen molar-refractivity contribution in [2.75, 3.05) is 13.4 Å². The molecule has 0 N–H and O–H groups in total. The highest BCUT2D eigenvalue weighted by Gasteiger charge is 2.27. The highest BCUT2D eigenvalue weighted by atomic mass is 35.5. The van der Waals surface area contributed by atoms with Crippen LogP contribution in [0, 0.1) is 10.1 Å². The average molecular weight is 286 g/mol. The van der Waals surface area contributed by atoms with Gasteiger partial charge in [-0.15, -0.1) is 0 Å². The molecule has 1 rings (SSSR count). The van der Waals surface area contributed by atoms with Gasteiger partial charge in [-0.1, -0.05) is 11.6 Å². The molecule has 0 aliphatic rings. The number of non-ortho nitro benzene ring substituents is 1. The highest BCUT2D eigenvalue weighted by Crippen LogP contribution is 2.28. The van der Waals surface area contributed by atoms with Gasteiger partial charge in [0.15, 0.2) is 6.79 Å². The summed E-state index contributed by atoms with van der Waals surface area (Å²) in [6.07, 6.45) is -4.46. The molecule has 0 amide bonds. The van der Waals surface area contributed by atoms with Gasteiger partial charge in [-0.2, -0.15) is 13.2 Å². The SMILES string of the molecule is O=[N+]([O-])c1ccc(Cl)c(OCOCC(F)(F)F)c1. The van der Waals surface area contributed by atoms with Crippen molar-refractivity contribution < 1.29 is 27.6 Å². The van der Waals surface area contributed by atoms with Crippen molar-refractivity contribution in [2.45, 2.75) is 6.18 Å². The Morgan fingerprint density at radius 2 is 2.06 bits per heavy atom. The molecule has 0 radical (unpaired) electrons. The smallest absolute Gasteiger partial charge is 0.411 e. The largest absolute Gasteiger partial charge is 0.466 e. The molecule has 5 nitrogen and oxygen atoms in total. The number of hydrogen-bond donors (Lipinski definition) is 0. The van der Waals surface area contributed by atoms with Gasteiger partial charge in [0.2, 0.25) is 0 Å². The number of nitro benzene ring substituents is 1. The van der Waals surface area contributed by atoms with Crippen LogP contribution in [0.5, 0.6) is 5.75 Å². The molecule has 0 aromatic heterocycles. The number of rotatable bonds is 5. The number of nitro groups is 1. The van der Waals surface area contributed by atoms with Gasteiger partial charge in [-0.3, -0.25) is 10.1 Å². The van der Waals surface area contributed by atoms with Crippen molar-refractivity contribution in [2.24, 2.45) is 0 Å². The van der Waals surface area contributed by atoms with Crippen LogP contribution in [0.4, 0.5) is 18.9 Å². The van der Waals surface area contributed by atoms with E-state index in [-0.39, 0.29) is 16.5 Å². The molecule has 1 aromatic rings. The molecule has 0 atom stereocenters. The topological polar surface area (TPSA) is 61.6 Å². The summed E-state index contributed by atoms with van der Waals surface area (Å²) < 4.78 is 44.2. The maximum atomic E-state index is 11.7. The van der Waals surface area contributed by atoms with E-state index in [1.807, 2.05) is 0 Å². The summed E-state index contributed by atoms with van der Waals surface area (Å²) in [5.41, 5.74) is -0.287. The Kier molecular flexibility index (Phi) is 4.74. The van der Waals surface area contributed by atoms with Gasteiger partial charge in [0.05, 0.1) is 16.0 Å². The van der Waals surface area contributed by atoms with E-state index >= 15 is 0 Å². The van der Waals surface area contributed by atoms with E-state index in [2.05, 4.69) is 4.74 Å². The zero-order valence-corrected chi connectivity index (χ0v) is 9.49. The van der Waals surface area contributed by atoms with Crippen LogP contribution >= 0.6 is 11.6 Å². The number of nitrogens with zero attached hydrogens (tertiary/aromatic N) is 1. The molecule has 0 saturated carbocycles. The van der Waals surface area contributed by atoms with Gasteiger partial charge in [0.25, 0.3) is 5.69 Å². The van der Waals surface area contributed by atoms with E-state index in [1.165, 1.54) is 6.07 Å². The lowest BCUT2D eigenvalue weighted by Crippen LogP contribution is -2.19. The van der Waals surface area contributed by atoms with Crippen molar-refractivity contribution in [1.82, 2.24) is 0 Å². The second-order valence-electron chi connectivity index (χ2n) is 3.10. The van der Waals surface area contributed by atoms with Crippen LogP contribution in [-0.4, -0.2) is 24.5 Å². The summed E-state index contributed by atoms with van der Waals surface area (Å²) in [5, 5.41) is 10.5. The molecule has 100 valence electrons. The molecule has 0 unspecified atom stereocenters. The molecule has 1 aromatic carbocycles. The Labute approximate surface area is 104 Å². The minimum Gasteiger partial charge on any atom is -0.466 e. The molecule has 0 aliphatic carbocycles. The number of alkyl halides is 3. The summed E-state index contributed by atoms with van der Waals surface area (Å²) in [4.78, 5) is 9.77. The van der Waals surface area contributed by atoms with E-state index < -0.39 is 24.5 Å².